The molecule has 0 radical (unpaired) electrons. The van der Waals surface area contributed by atoms with Crippen molar-refractivity contribution < 1.29 is 4.42 Å². The van der Waals surface area contributed by atoms with Crippen molar-refractivity contribution in [2.75, 3.05) is 18.8 Å². The highest BCUT2D eigenvalue weighted by atomic mass is 16.3. The number of likely N-dealkylation sites (tertiary alicyclic amines) is 1. The van der Waals surface area contributed by atoms with Gasteiger partial charge in [0.25, 0.3) is 0 Å². The topological polar surface area (TPSA) is 55.3 Å². The molecule has 1 aromatic carbocycles. The van der Waals surface area contributed by atoms with Crippen molar-refractivity contribution in [1.29, 1.82) is 0 Å². The Morgan fingerprint density at radius 2 is 2.32 bits per heavy atom. The molecule has 102 valence electrons. The van der Waals surface area contributed by atoms with Gasteiger partial charge in [0.2, 0.25) is 5.89 Å². The number of rotatable bonds is 3. The predicted molar refractivity (Wildman–Crippen MR) is 76.6 cm³/mol. The van der Waals surface area contributed by atoms with Gasteiger partial charge in [-0.15, -0.1) is 0 Å². The normalized spacial score (nSPS) is 20.7. The minimum absolute atomic E-state index is 0.689. The molecule has 1 aromatic heterocycles. The van der Waals surface area contributed by atoms with Crippen LogP contribution in [-0.4, -0.2) is 23.0 Å². The van der Waals surface area contributed by atoms with Crippen molar-refractivity contribution in [3.05, 3.63) is 24.1 Å². The number of hydrogen-bond acceptors (Lipinski definition) is 4. The number of nitrogens with two attached hydrogens (primary N) is 1. The lowest BCUT2D eigenvalue weighted by Crippen LogP contribution is -2.21. The second-order valence-electron chi connectivity index (χ2n) is 5.83. The highest BCUT2D eigenvalue weighted by molar-refractivity contribution is 5.85. The minimum atomic E-state index is 0.689. The van der Waals surface area contributed by atoms with Gasteiger partial charge in [-0.3, -0.25) is 4.90 Å². The van der Waals surface area contributed by atoms with E-state index in [4.69, 9.17) is 10.2 Å². The molecule has 0 amide bonds. The minimum Gasteiger partial charge on any atom is -0.439 e. The van der Waals surface area contributed by atoms with Crippen LogP contribution in [0.2, 0.25) is 0 Å². The van der Waals surface area contributed by atoms with Gasteiger partial charge >= 0.3 is 0 Å². The van der Waals surface area contributed by atoms with E-state index in [2.05, 4.69) is 23.7 Å². The Kier molecular flexibility index (Phi) is 3.19. The van der Waals surface area contributed by atoms with E-state index in [1.807, 2.05) is 18.2 Å². The van der Waals surface area contributed by atoms with Gasteiger partial charge in [0.1, 0.15) is 5.52 Å². The Morgan fingerprint density at radius 3 is 3.00 bits per heavy atom. The number of fused-ring (bicyclic) bond motifs is 1. The fourth-order valence-electron chi connectivity index (χ4n) is 2.83. The molecule has 1 unspecified atom stereocenters. The molecule has 2 aromatic rings. The zero-order valence-electron chi connectivity index (χ0n) is 11.6. The number of oxazole rings is 1. The number of benzene rings is 1. The molecular weight excluding hydrogens is 238 g/mol. The van der Waals surface area contributed by atoms with Crippen LogP contribution < -0.4 is 5.73 Å². The lowest BCUT2D eigenvalue weighted by atomic mass is 9.95. The lowest BCUT2D eigenvalue weighted by Gasteiger charge is -2.15. The zero-order chi connectivity index (χ0) is 13.4. The van der Waals surface area contributed by atoms with E-state index in [0.717, 1.165) is 48.5 Å². The molecule has 2 heterocycles. The number of anilines is 1. The first-order chi connectivity index (χ1) is 9.13. The SMILES string of the molecule is CC(C)C1CCN(Cc2nc3c(N)cccc3o2)C1. The summed E-state index contributed by atoms with van der Waals surface area (Å²) in [5.41, 5.74) is 8.17. The molecule has 1 aliphatic rings. The summed E-state index contributed by atoms with van der Waals surface area (Å²) >= 11 is 0. The van der Waals surface area contributed by atoms with E-state index in [0.29, 0.717) is 5.69 Å². The summed E-state index contributed by atoms with van der Waals surface area (Å²) in [6.45, 7) is 7.67. The average Bonchev–Trinajstić information content (AvgIpc) is 2.96. The third-order valence-electron chi connectivity index (χ3n) is 4.10. The third-order valence-corrected chi connectivity index (χ3v) is 4.10. The Balaban J connectivity index is 1.74. The summed E-state index contributed by atoms with van der Waals surface area (Å²) in [4.78, 5) is 6.93. The van der Waals surface area contributed by atoms with Crippen LogP contribution >= 0.6 is 0 Å². The molecule has 1 atom stereocenters. The van der Waals surface area contributed by atoms with Crippen molar-refractivity contribution in [2.24, 2.45) is 11.8 Å². The largest absolute Gasteiger partial charge is 0.439 e. The molecule has 3 rings (SSSR count). The van der Waals surface area contributed by atoms with Crippen LogP contribution in [0.25, 0.3) is 11.1 Å². The summed E-state index contributed by atoms with van der Waals surface area (Å²) in [6, 6.07) is 5.68. The third kappa shape index (κ3) is 2.45. The van der Waals surface area contributed by atoms with Crippen molar-refractivity contribution in [1.82, 2.24) is 9.88 Å². The van der Waals surface area contributed by atoms with Gasteiger partial charge in [-0.05, 0) is 36.9 Å². The molecule has 1 aliphatic heterocycles. The first-order valence-corrected chi connectivity index (χ1v) is 6.99. The number of aromatic nitrogens is 1. The van der Waals surface area contributed by atoms with E-state index < -0.39 is 0 Å². The summed E-state index contributed by atoms with van der Waals surface area (Å²) in [5, 5.41) is 0. The van der Waals surface area contributed by atoms with Crippen LogP contribution in [0.15, 0.2) is 22.6 Å². The Bertz CT molecular complexity index is 576. The van der Waals surface area contributed by atoms with Crippen LogP contribution in [0.3, 0.4) is 0 Å². The van der Waals surface area contributed by atoms with Crippen LogP contribution in [-0.2, 0) is 6.54 Å². The maximum absolute atomic E-state index is 5.90. The Morgan fingerprint density at radius 1 is 1.47 bits per heavy atom. The van der Waals surface area contributed by atoms with E-state index in [-0.39, 0.29) is 0 Å². The summed E-state index contributed by atoms with van der Waals surface area (Å²) in [7, 11) is 0. The quantitative estimate of drug-likeness (QED) is 0.861. The van der Waals surface area contributed by atoms with Crippen molar-refractivity contribution >= 4 is 16.8 Å². The number of para-hydroxylation sites is 1. The van der Waals surface area contributed by atoms with Gasteiger partial charge in [0.15, 0.2) is 5.58 Å². The number of hydrogen-bond donors (Lipinski definition) is 1. The highest BCUT2D eigenvalue weighted by Gasteiger charge is 2.25. The van der Waals surface area contributed by atoms with Gasteiger partial charge in [-0.1, -0.05) is 19.9 Å². The maximum Gasteiger partial charge on any atom is 0.209 e. The Labute approximate surface area is 113 Å². The average molecular weight is 259 g/mol. The van der Waals surface area contributed by atoms with E-state index in [1.165, 1.54) is 6.42 Å². The lowest BCUT2D eigenvalue weighted by molar-refractivity contribution is 0.271. The smallest absolute Gasteiger partial charge is 0.209 e. The van der Waals surface area contributed by atoms with E-state index >= 15 is 0 Å². The van der Waals surface area contributed by atoms with Gasteiger partial charge in [-0.25, -0.2) is 4.98 Å². The first kappa shape index (κ1) is 12.5. The fourth-order valence-corrected chi connectivity index (χ4v) is 2.83. The van der Waals surface area contributed by atoms with Crippen LogP contribution in [0.1, 0.15) is 26.2 Å². The molecule has 1 fully saturated rings. The zero-order valence-corrected chi connectivity index (χ0v) is 11.6. The molecule has 4 heteroatoms. The van der Waals surface area contributed by atoms with Gasteiger partial charge < -0.3 is 10.2 Å². The van der Waals surface area contributed by atoms with Gasteiger partial charge in [-0.2, -0.15) is 0 Å². The molecule has 1 saturated heterocycles. The monoisotopic (exact) mass is 259 g/mol. The molecule has 0 bridgehead atoms. The standard InChI is InChI=1S/C15H21N3O/c1-10(2)11-6-7-18(8-11)9-14-17-15-12(16)4-3-5-13(15)19-14/h3-5,10-11H,6-9,16H2,1-2H3. The van der Waals surface area contributed by atoms with Crippen molar-refractivity contribution in [3.8, 4) is 0 Å². The van der Waals surface area contributed by atoms with Gasteiger partial charge in [0, 0.05) is 6.54 Å². The van der Waals surface area contributed by atoms with Crippen LogP contribution in [0.4, 0.5) is 5.69 Å². The molecule has 0 spiro atoms. The number of nitrogen functional groups attached to an aromatic ring is 1. The van der Waals surface area contributed by atoms with Gasteiger partial charge in [0.05, 0.1) is 12.2 Å². The second-order valence-corrected chi connectivity index (χ2v) is 5.83. The molecular formula is C15H21N3O. The van der Waals surface area contributed by atoms with E-state index in [1.54, 1.807) is 0 Å². The first-order valence-electron chi connectivity index (χ1n) is 6.99. The van der Waals surface area contributed by atoms with Crippen LogP contribution in [0, 0.1) is 11.8 Å². The molecule has 4 nitrogen and oxygen atoms in total. The Hall–Kier alpha value is -1.55. The summed E-state index contributed by atoms with van der Waals surface area (Å²) in [6.07, 6.45) is 1.28. The number of nitrogens with zero attached hydrogens (tertiary/aromatic N) is 2. The molecule has 2 N–H and O–H groups in total. The molecule has 0 aliphatic carbocycles. The fraction of sp³-hybridized carbons (Fsp3) is 0.533. The van der Waals surface area contributed by atoms with E-state index in [9.17, 15) is 0 Å². The summed E-state index contributed by atoms with van der Waals surface area (Å²) in [5.74, 6) is 2.33. The second kappa shape index (κ2) is 4.85. The van der Waals surface area contributed by atoms with Crippen molar-refractivity contribution in [2.45, 2.75) is 26.8 Å². The molecule has 19 heavy (non-hydrogen) atoms. The predicted octanol–water partition coefficient (Wildman–Crippen LogP) is 2.89. The van der Waals surface area contributed by atoms with Crippen molar-refractivity contribution in [3.63, 3.8) is 0 Å². The highest BCUT2D eigenvalue weighted by Crippen LogP contribution is 2.26. The summed E-state index contributed by atoms with van der Waals surface area (Å²) < 4.78 is 5.77. The maximum atomic E-state index is 5.90. The van der Waals surface area contributed by atoms with Crippen LogP contribution in [0.5, 0.6) is 0 Å². The molecule has 0 saturated carbocycles.